The molecule has 0 aliphatic rings. The fourth-order valence-electron chi connectivity index (χ4n) is 1.96. The Morgan fingerprint density at radius 2 is 1.50 bits per heavy atom. The normalized spacial score (nSPS) is 10.9. The van der Waals surface area contributed by atoms with Crippen molar-refractivity contribution < 1.29 is 0 Å². The van der Waals surface area contributed by atoms with Gasteiger partial charge in [0.05, 0.1) is 0 Å². The third-order valence-electron chi connectivity index (χ3n) is 2.96. The molecule has 0 heteroatoms. The molecule has 2 radical (unpaired) electrons. The zero-order valence-corrected chi connectivity index (χ0v) is 10.7. The lowest BCUT2D eigenvalue weighted by Crippen LogP contribution is -2.02. The summed E-state index contributed by atoms with van der Waals surface area (Å²) in [6.07, 6.45) is 11.5. The Hall–Kier alpha value is -0.780. The van der Waals surface area contributed by atoms with Crippen molar-refractivity contribution in [1.82, 2.24) is 0 Å². The highest BCUT2D eigenvalue weighted by atomic mass is 14.1. The van der Waals surface area contributed by atoms with Gasteiger partial charge in [-0.25, -0.2) is 0 Å². The van der Waals surface area contributed by atoms with Gasteiger partial charge in [-0.3, -0.25) is 0 Å². The van der Waals surface area contributed by atoms with E-state index >= 15 is 0 Å². The average Bonchev–Trinajstić information content (AvgIpc) is 2.34. The molecule has 1 aromatic carbocycles. The highest BCUT2D eigenvalue weighted by molar-refractivity contribution is 5.23. The molecule has 0 saturated carbocycles. The van der Waals surface area contributed by atoms with E-state index in [-0.39, 0.29) is 0 Å². The second kappa shape index (κ2) is 8.38. The van der Waals surface area contributed by atoms with E-state index in [4.69, 9.17) is 0 Å². The summed E-state index contributed by atoms with van der Waals surface area (Å²) >= 11 is 0. The predicted octanol–water partition coefficient (Wildman–Crippen LogP) is 5.11. The first kappa shape index (κ1) is 13.3. The summed E-state index contributed by atoms with van der Waals surface area (Å²) in [5.74, 6) is 0.655. The van der Waals surface area contributed by atoms with Crippen molar-refractivity contribution in [3.05, 3.63) is 42.3 Å². The molecule has 0 aromatic heterocycles. The van der Waals surface area contributed by atoms with Crippen LogP contribution in [0, 0.1) is 12.3 Å². The molecule has 0 N–H and O–H groups in total. The molecular weight excluding hydrogens is 192 g/mol. The molecule has 0 aliphatic carbocycles. The molecule has 0 spiro atoms. The van der Waals surface area contributed by atoms with Crippen LogP contribution in [0.25, 0.3) is 0 Å². The summed E-state index contributed by atoms with van der Waals surface area (Å²) in [5, 5.41) is 0. The zero-order chi connectivity index (χ0) is 11.6. The zero-order valence-electron chi connectivity index (χ0n) is 10.7. The quantitative estimate of drug-likeness (QED) is 0.566. The van der Waals surface area contributed by atoms with E-state index in [0.717, 1.165) is 0 Å². The van der Waals surface area contributed by atoms with E-state index in [0.29, 0.717) is 5.92 Å². The third-order valence-corrected chi connectivity index (χ3v) is 2.96. The summed E-state index contributed by atoms with van der Waals surface area (Å²) < 4.78 is 0. The van der Waals surface area contributed by atoms with Gasteiger partial charge in [0, 0.05) is 6.42 Å². The fraction of sp³-hybridized carbons (Fsp3) is 0.562. The van der Waals surface area contributed by atoms with Gasteiger partial charge in [-0.2, -0.15) is 0 Å². The van der Waals surface area contributed by atoms with Crippen LogP contribution in [-0.4, -0.2) is 0 Å². The molecule has 0 fully saturated rings. The Morgan fingerprint density at radius 1 is 0.938 bits per heavy atom. The second-order valence-corrected chi connectivity index (χ2v) is 4.49. The van der Waals surface area contributed by atoms with Crippen molar-refractivity contribution in [2.75, 3.05) is 0 Å². The van der Waals surface area contributed by atoms with E-state index < -0.39 is 0 Å². The van der Waals surface area contributed by atoms with E-state index in [1.165, 1.54) is 44.1 Å². The molecule has 0 bridgehead atoms. The standard InChI is InChI=1S/C16H24/c1-3-5-10-15(11-6-4-2)14-16-12-8-7-9-13-16/h7-9,12-13,15H,3-6,10-11H2,1-2H3. The van der Waals surface area contributed by atoms with Crippen molar-refractivity contribution in [1.29, 1.82) is 0 Å². The first-order chi connectivity index (χ1) is 7.86. The summed E-state index contributed by atoms with van der Waals surface area (Å²) in [5.41, 5.74) is 1.26. The van der Waals surface area contributed by atoms with E-state index in [9.17, 15) is 0 Å². The lowest BCUT2D eigenvalue weighted by molar-refractivity contribution is 0.476. The van der Waals surface area contributed by atoms with Crippen LogP contribution in [0.1, 0.15) is 57.9 Å². The van der Waals surface area contributed by atoms with Crippen LogP contribution in [0.5, 0.6) is 0 Å². The molecule has 1 aromatic rings. The van der Waals surface area contributed by atoms with E-state index in [1.807, 2.05) is 0 Å². The van der Waals surface area contributed by atoms with Crippen molar-refractivity contribution in [2.24, 2.45) is 5.92 Å². The number of hydrogen-bond donors (Lipinski definition) is 0. The average molecular weight is 216 g/mol. The highest BCUT2D eigenvalue weighted by Crippen LogP contribution is 2.22. The van der Waals surface area contributed by atoms with Gasteiger partial charge in [-0.1, -0.05) is 69.9 Å². The Labute approximate surface area is 101 Å². The largest absolute Gasteiger partial charge is 0.0654 e. The van der Waals surface area contributed by atoms with Crippen LogP contribution in [0.2, 0.25) is 0 Å². The van der Waals surface area contributed by atoms with Crippen LogP contribution < -0.4 is 0 Å². The van der Waals surface area contributed by atoms with Crippen LogP contribution >= 0.6 is 0 Å². The molecule has 0 unspecified atom stereocenters. The Morgan fingerprint density at radius 3 is 2.00 bits per heavy atom. The molecular formula is C16H24. The predicted molar refractivity (Wildman–Crippen MR) is 71.3 cm³/mol. The maximum Gasteiger partial charge on any atom is 0.0198 e. The van der Waals surface area contributed by atoms with E-state index in [1.54, 1.807) is 0 Å². The van der Waals surface area contributed by atoms with Crippen molar-refractivity contribution in [2.45, 2.75) is 52.4 Å². The molecule has 0 atom stereocenters. The van der Waals surface area contributed by atoms with Gasteiger partial charge in [-0.15, -0.1) is 0 Å². The monoisotopic (exact) mass is 216 g/mol. The van der Waals surface area contributed by atoms with Gasteiger partial charge in [0.15, 0.2) is 0 Å². The Bertz CT molecular complexity index is 242. The molecule has 1 rings (SSSR count). The molecule has 0 heterocycles. The number of rotatable bonds is 8. The lowest BCUT2D eigenvalue weighted by Gasteiger charge is -2.15. The first-order valence-electron chi connectivity index (χ1n) is 6.68. The molecule has 0 saturated heterocycles. The van der Waals surface area contributed by atoms with Gasteiger partial charge in [0.25, 0.3) is 0 Å². The highest BCUT2D eigenvalue weighted by Gasteiger charge is 2.09. The minimum Gasteiger partial charge on any atom is -0.0654 e. The smallest absolute Gasteiger partial charge is 0.0198 e. The Kier molecular flexibility index (Phi) is 6.96. The number of unbranched alkanes of at least 4 members (excludes halogenated alkanes) is 2. The maximum absolute atomic E-state index is 3.65. The minimum absolute atomic E-state index is 0.655. The summed E-state index contributed by atoms with van der Waals surface area (Å²) in [6, 6.07) is 10.6. The first-order valence-corrected chi connectivity index (χ1v) is 6.68. The van der Waals surface area contributed by atoms with Gasteiger partial charge < -0.3 is 0 Å². The summed E-state index contributed by atoms with van der Waals surface area (Å²) in [7, 11) is 0. The van der Waals surface area contributed by atoms with Crippen LogP contribution in [0.4, 0.5) is 0 Å². The molecule has 0 nitrogen and oxygen atoms in total. The van der Waals surface area contributed by atoms with E-state index in [2.05, 4.69) is 50.6 Å². The third kappa shape index (κ3) is 5.34. The molecule has 16 heavy (non-hydrogen) atoms. The molecule has 0 amide bonds. The van der Waals surface area contributed by atoms with Gasteiger partial charge in [0.1, 0.15) is 0 Å². The second-order valence-electron chi connectivity index (χ2n) is 4.49. The summed E-state index contributed by atoms with van der Waals surface area (Å²) in [6.45, 7) is 4.53. The lowest BCUT2D eigenvalue weighted by atomic mass is 9.90. The van der Waals surface area contributed by atoms with Gasteiger partial charge in [-0.05, 0) is 24.3 Å². The van der Waals surface area contributed by atoms with Crippen molar-refractivity contribution >= 4 is 0 Å². The minimum atomic E-state index is 0.655. The van der Waals surface area contributed by atoms with Crippen LogP contribution in [0.3, 0.4) is 0 Å². The van der Waals surface area contributed by atoms with Crippen molar-refractivity contribution in [3.8, 4) is 0 Å². The molecule has 0 aliphatic heterocycles. The topological polar surface area (TPSA) is 0 Å². The number of benzene rings is 1. The Balaban J connectivity index is 2.42. The maximum atomic E-state index is 3.65. The summed E-state index contributed by atoms with van der Waals surface area (Å²) in [4.78, 5) is 0. The molecule has 88 valence electrons. The van der Waals surface area contributed by atoms with Gasteiger partial charge in [0.2, 0.25) is 0 Å². The number of hydrogen-bond acceptors (Lipinski definition) is 0. The SMILES string of the molecule is CCCCC([C]c1ccccc1)CCCC. The fourth-order valence-corrected chi connectivity index (χ4v) is 1.96. The van der Waals surface area contributed by atoms with Crippen LogP contribution in [0.15, 0.2) is 30.3 Å². The van der Waals surface area contributed by atoms with Gasteiger partial charge >= 0.3 is 0 Å². The van der Waals surface area contributed by atoms with Crippen LogP contribution in [-0.2, 0) is 0 Å². The van der Waals surface area contributed by atoms with Crippen molar-refractivity contribution in [3.63, 3.8) is 0 Å².